The zero-order valence-electron chi connectivity index (χ0n) is 14.7. The third-order valence-electron chi connectivity index (χ3n) is 4.33. The maximum atomic E-state index is 12.4. The quantitative estimate of drug-likeness (QED) is 0.589. The highest BCUT2D eigenvalue weighted by Crippen LogP contribution is 2.20. The number of nitrogens with one attached hydrogen (secondary N) is 1. The summed E-state index contributed by atoms with van der Waals surface area (Å²) in [7, 11) is 1.45. The molecule has 1 N–H and O–H groups in total. The number of rotatable bonds is 7. The van der Waals surface area contributed by atoms with E-state index in [1.54, 1.807) is 29.2 Å². The van der Waals surface area contributed by atoms with Crippen molar-refractivity contribution >= 4 is 17.7 Å². The van der Waals surface area contributed by atoms with Crippen LogP contribution >= 0.6 is 11.8 Å². The summed E-state index contributed by atoms with van der Waals surface area (Å²) in [5.74, 6) is 0.660. The van der Waals surface area contributed by atoms with Crippen molar-refractivity contribution < 1.29 is 9.53 Å². The van der Waals surface area contributed by atoms with Gasteiger partial charge >= 0.3 is 0 Å². The molecule has 0 spiro atoms. The first-order valence-electron chi connectivity index (χ1n) is 8.62. The monoisotopic (exact) mass is 374 g/mol. The number of nitrogens with zero attached hydrogens (tertiary/aromatic N) is 3. The summed E-state index contributed by atoms with van der Waals surface area (Å²) in [6.07, 6.45) is 9.33. The molecule has 26 heavy (non-hydrogen) atoms. The van der Waals surface area contributed by atoms with Gasteiger partial charge in [0, 0.05) is 35.9 Å². The van der Waals surface area contributed by atoms with E-state index in [0.717, 1.165) is 31.4 Å². The maximum absolute atomic E-state index is 12.4. The number of carbonyl (C=O) groups is 1. The minimum absolute atomic E-state index is 0.0511. The lowest BCUT2D eigenvalue weighted by Gasteiger charge is -2.16. The van der Waals surface area contributed by atoms with Gasteiger partial charge in [-0.1, -0.05) is 24.6 Å². The van der Waals surface area contributed by atoms with Gasteiger partial charge in [0.1, 0.15) is 6.54 Å². The third-order valence-corrected chi connectivity index (χ3v) is 5.24. The van der Waals surface area contributed by atoms with Gasteiger partial charge in [-0.2, -0.15) is 0 Å². The number of hydrogen-bond donors (Lipinski definition) is 1. The van der Waals surface area contributed by atoms with Crippen LogP contribution in [0.5, 0.6) is 5.75 Å². The lowest BCUT2D eigenvalue weighted by molar-refractivity contribution is -0.122. The van der Waals surface area contributed by atoms with Crippen LogP contribution in [0.25, 0.3) is 0 Å². The molecule has 1 saturated carbocycles. The number of aromatic nitrogens is 3. The fourth-order valence-corrected chi connectivity index (χ4v) is 3.81. The first-order chi connectivity index (χ1) is 12.7. The minimum Gasteiger partial charge on any atom is -0.491 e. The average molecular weight is 374 g/mol. The Bertz CT molecular complexity index is 804. The van der Waals surface area contributed by atoms with Crippen LogP contribution in [-0.2, 0) is 17.1 Å². The Kier molecular flexibility index (Phi) is 6.27. The van der Waals surface area contributed by atoms with Crippen molar-refractivity contribution in [2.45, 2.75) is 49.2 Å². The van der Waals surface area contributed by atoms with Crippen LogP contribution < -0.4 is 15.5 Å². The summed E-state index contributed by atoms with van der Waals surface area (Å²) in [5.41, 5.74) is 0.527. The molecule has 0 unspecified atom stereocenters. The van der Waals surface area contributed by atoms with Gasteiger partial charge in [0.05, 0.1) is 13.3 Å². The minimum atomic E-state index is -0.204. The lowest BCUT2D eigenvalue weighted by atomic mass is 10.2. The van der Waals surface area contributed by atoms with Gasteiger partial charge in [-0.25, -0.2) is 9.97 Å². The zero-order valence-corrected chi connectivity index (χ0v) is 15.5. The van der Waals surface area contributed by atoms with Gasteiger partial charge in [0.25, 0.3) is 0 Å². The molecule has 0 radical (unpaired) electrons. The third kappa shape index (κ3) is 4.85. The molecule has 1 aliphatic rings. The highest BCUT2D eigenvalue weighted by atomic mass is 32.2. The van der Waals surface area contributed by atoms with E-state index in [1.165, 1.54) is 24.9 Å². The summed E-state index contributed by atoms with van der Waals surface area (Å²) in [4.78, 5) is 32.9. The van der Waals surface area contributed by atoms with Crippen molar-refractivity contribution in [3.8, 4) is 5.75 Å². The first-order valence-corrected chi connectivity index (χ1v) is 9.61. The molecular formula is C18H22N4O3S. The van der Waals surface area contributed by atoms with Crippen molar-refractivity contribution in [2.75, 3.05) is 7.11 Å². The van der Waals surface area contributed by atoms with Crippen LogP contribution in [0.4, 0.5) is 0 Å². The largest absolute Gasteiger partial charge is 0.491 e. The number of ether oxygens (including phenoxy) is 1. The van der Waals surface area contributed by atoms with Crippen LogP contribution in [-0.4, -0.2) is 33.6 Å². The molecule has 2 aromatic heterocycles. The molecule has 2 heterocycles. The van der Waals surface area contributed by atoms with Crippen LogP contribution in [0.3, 0.4) is 0 Å². The Hall–Kier alpha value is -2.35. The van der Waals surface area contributed by atoms with E-state index in [-0.39, 0.29) is 29.7 Å². The average Bonchev–Trinajstić information content (AvgIpc) is 3.15. The summed E-state index contributed by atoms with van der Waals surface area (Å²) in [6.45, 7) is 0.151. The van der Waals surface area contributed by atoms with Crippen LogP contribution in [0.1, 0.15) is 31.4 Å². The molecule has 1 fully saturated rings. The van der Waals surface area contributed by atoms with Gasteiger partial charge in [0.2, 0.25) is 11.3 Å². The Balaban J connectivity index is 1.74. The SMILES string of the molecule is COc1cn(CC(=O)NC2CCCC2)c(CSc2ncccn2)cc1=O. The van der Waals surface area contributed by atoms with Gasteiger partial charge in [-0.3, -0.25) is 9.59 Å². The highest BCUT2D eigenvalue weighted by Gasteiger charge is 2.18. The van der Waals surface area contributed by atoms with Gasteiger partial charge in [0.15, 0.2) is 10.9 Å². The molecule has 7 nitrogen and oxygen atoms in total. The standard InChI is InChI=1S/C18H22N4O3S/c1-25-16-10-22(11-17(24)21-13-5-2-3-6-13)14(9-15(16)23)12-26-18-19-7-4-8-20-18/h4,7-10,13H,2-3,5-6,11-12H2,1H3,(H,21,24). The van der Waals surface area contributed by atoms with Crippen molar-refractivity contribution in [1.82, 2.24) is 19.9 Å². The fourth-order valence-electron chi connectivity index (χ4n) is 3.02. The molecule has 0 saturated heterocycles. The lowest BCUT2D eigenvalue weighted by Crippen LogP contribution is -2.35. The van der Waals surface area contributed by atoms with Crippen LogP contribution in [0.2, 0.25) is 0 Å². The molecule has 0 aromatic carbocycles. The van der Waals surface area contributed by atoms with Gasteiger partial charge in [-0.05, 0) is 18.9 Å². The van der Waals surface area contributed by atoms with E-state index in [2.05, 4.69) is 15.3 Å². The molecular weight excluding hydrogens is 352 g/mol. The Labute approximate surface area is 156 Å². The molecule has 1 amide bonds. The van der Waals surface area contributed by atoms with Crippen LogP contribution in [0.15, 0.2) is 40.7 Å². The second kappa shape index (κ2) is 8.84. The summed E-state index contributed by atoms with van der Waals surface area (Å²) in [5, 5.41) is 3.69. The zero-order chi connectivity index (χ0) is 18.4. The molecule has 2 aromatic rings. The molecule has 1 aliphatic carbocycles. The number of methoxy groups -OCH3 is 1. The number of hydrogen-bond acceptors (Lipinski definition) is 6. The summed E-state index contributed by atoms with van der Waals surface area (Å²) < 4.78 is 6.89. The summed E-state index contributed by atoms with van der Waals surface area (Å²) >= 11 is 1.42. The Morgan fingerprint density at radius 2 is 2.08 bits per heavy atom. The normalized spacial score (nSPS) is 14.3. The maximum Gasteiger partial charge on any atom is 0.240 e. The highest BCUT2D eigenvalue weighted by molar-refractivity contribution is 7.98. The predicted molar refractivity (Wildman–Crippen MR) is 99.2 cm³/mol. The van der Waals surface area contributed by atoms with Gasteiger partial charge in [-0.15, -0.1) is 0 Å². The molecule has 138 valence electrons. The van der Waals surface area contributed by atoms with E-state index in [4.69, 9.17) is 4.74 Å². The number of pyridine rings is 1. The van der Waals surface area contributed by atoms with Gasteiger partial charge < -0.3 is 14.6 Å². The summed E-state index contributed by atoms with van der Waals surface area (Å²) in [6, 6.07) is 3.53. The molecule has 0 bridgehead atoms. The number of carbonyl (C=O) groups excluding carboxylic acids is 1. The molecule has 0 aliphatic heterocycles. The predicted octanol–water partition coefficient (Wildman–Crippen LogP) is 2.00. The Morgan fingerprint density at radius 1 is 1.35 bits per heavy atom. The second-order valence-electron chi connectivity index (χ2n) is 6.19. The van der Waals surface area contributed by atoms with E-state index < -0.39 is 0 Å². The Morgan fingerprint density at radius 3 is 2.77 bits per heavy atom. The second-order valence-corrected chi connectivity index (χ2v) is 7.14. The van der Waals surface area contributed by atoms with E-state index in [9.17, 15) is 9.59 Å². The fraction of sp³-hybridized carbons (Fsp3) is 0.444. The first kappa shape index (κ1) is 18.4. The van der Waals surface area contributed by atoms with E-state index in [1.807, 2.05) is 0 Å². The molecule has 3 rings (SSSR count). The van der Waals surface area contributed by atoms with Crippen molar-refractivity contribution in [1.29, 1.82) is 0 Å². The topological polar surface area (TPSA) is 86.1 Å². The van der Waals surface area contributed by atoms with Crippen LogP contribution in [0, 0.1) is 0 Å². The molecule has 0 atom stereocenters. The molecule has 8 heteroatoms. The van der Waals surface area contributed by atoms with E-state index in [0.29, 0.717) is 10.9 Å². The van der Waals surface area contributed by atoms with Crippen molar-refractivity contribution in [3.05, 3.63) is 46.6 Å². The number of thioether (sulfide) groups is 1. The van der Waals surface area contributed by atoms with Crippen molar-refractivity contribution in [2.24, 2.45) is 0 Å². The smallest absolute Gasteiger partial charge is 0.240 e. The number of amides is 1. The van der Waals surface area contributed by atoms with Crippen molar-refractivity contribution in [3.63, 3.8) is 0 Å². The van der Waals surface area contributed by atoms with E-state index >= 15 is 0 Å².